The zero-order chi connectivity index (χ0) is 18.4. The third-order valence-corrected chi connectivity index (χ3v) is 5.40. The summed E-state index contributed by atoms with van der Waals surface area (Å²) in [7, 11) is 1.32. The van der Waals surface area contributed by atoms with Crippen LogP contribution in [0, 0.1) is 12.8 Å². The van der Waals surface area contributed by atoms with Gasteiger partial charge in [0.25, 0.3) is 0 Å². The number of amides is 2. The Balaban J connectivity index is 1.90. The van der Waals surface area contributed by atoms with Crippen LogP contribution in [0.25, 0.3) is 0 Å². The van der Waals surface area contributed by atoms with Crippen molar-refractivity contribution in [3.05, 3.63) is 34.3 Å². The number of carbonyl (C=O) groups excluding carboxylic acids is 2. The minimum absolute atomic E-state index is 0.115. The predicted octanol–water partition coefficient (Wildman–Crippen LogP) is 3.74. The lowest BCUT2D eigenvalue weighted by Crippen LogP contribution is -2.44. The van der Waals surface area contributed by atoms with E-state index in [2.05, 4.69) is 22.2 Å². The van der Waals surface area contributed by atoms with E-state index >= 15 is 0 Å². The van der Waals surface area contributed by atoms with Gasteiger partial charge in [-0.15, -0.1) is 0 Å². The minimum Gasteiger partial charge on any atom is -0.453 e. The van der Waals surface area contributed by atoms with E-state index in [0.29, 0.717) is 18.9 Å². The summed E-state index contributed by atoms with van der Waals surface area (Å²) in [6.07, 6.45) is 2.10. The molecule has 1 saturated heterocycles. The highest BCUT2D eigenvalue weighted by Gasteiger charge is 2.28. The maximum absolute atomic E-state index is 12.7. The number of methoxy groups -OCH3 is 1. The molecular formula is C19H27ClN2O3. The number of rotatable bonds is 5. The Hall–Kier alpha value is -1.75. The van der Waals surface area contributed by atoms with Crippen LogP contribution in [0.3, 0.4) is 0 Å². The molecule has 0 radical (unpaired) electrons. The van der Waals surface area contributed by atoms with Gasteiger partial charge in [0.15, 0.2) is 0 Å². The molecule has 25 heavy (non-hydrogen) atoms. The molecule has 0 aliphatic carbocycles. The van der Waals surface area contributed by atoms with Gasteiger partial charge in [0.05, 0.1) is 13.0 Å². The molecule has 1 heterocycles. The van der Waals surface area contributed by atoms with Crippen LogP contribution in [0.4, 0.5) is 4.79 Å². The number of halogens is 1. The zero-order valence-electron chi connectivity index (χ0n) is 15.2. The molecule has 1 N–H and O–H groups in total. The van der Waals surface area contributed by atoms with Crippen molar-refractivity contribution in [1.82, 2.24) is 10.2 Å². The largest absolute Gasteiger partial charge is 0.453 e. The monoisotopic (exact) mass is 366 g/mol. The first-order valence-corrected chi connectivity index (χ1v) is 9.20. The highest BCUT2D eigenvalue weighted by atomic mass is 35.5. The maximum atomic E-state index is 12.7. The quantitative estimate of drug-likeness (QED) is 0.863. The lowest BCUT2D eigenvalue weighted by molar-refractivity contribution is -0.136. The molecule has 1 fully saturated rings. The number of nitrogens with zero attached hydrogens (tertiary/aromatic N) is 1. The Morgan fingerprint density at radius 2 is 2.04 bits per heavy atom. The van der Waals surface area contributed by atoms with E-state index < -0.39 is 6.09 Å². The van der Waals surface area contributed by atoms with Gasteiger partial charge in [-0.25, -0.2) is 4.79 Å². The average molecular weight is 367 g/mol. The Kier molecular flexibility index (Phi) is 7.12. The Labute approximate surface area is 154 Å². The van der Waals surface area contributed by atoms with E-state index in [9.17, 15) is 9.59 Å². The molecule has 1 unspecified atom stereocenters. The number of alkyl carbamates (subject to hydrolysis) is 1. The van der Waals surface area contributed by atoms with Crippen molar-refractivity contribution < 1.29 is 14.3 Å². The van der Waals surface area contributed by atoms with E-state index in [-0.39, 0.29) is 11.8 Å². The first-order chi connectivity index (χ1) is 12.0. The fourth-order valence-electron chi connectivity index (χ4n) is 3.30. The Bertz CT molecular complexity index is 613. The molecule has 0 aromatic heterocycles. The Morgan fingerprint density at radius 1 is 1.36 bits per heavy atom. The molecule has 6 heteroatoms. The van der Waals surface area contributed by atoms with Gasteiger partial charge in [-0.3, -0.25) is 4.79 Å². The second-order valence-corrected chi connectivity index (χ2v) is 6.99. The number of piperidine rings is 1. The molecule has 5 nitrogen and oxygen atoms in total. The van der Waals surface area contributed by atoms with E-state index in [0.717, 1.165) is 36.5 Å². The van der Waals surface area contributed by atoms with Crippen LogP contribution in [0.15, 0.2) is 18.2 Å². The van der Waals surface area contributed by atoms with Gasteiger partial charge in [-0.1, -0.05) is 30.7 Å². The molecule has 1 aliphatic heterocycles. The third kappa shape index (κ3) is 5.11. The van der Waals surface area contributed by atoms with Crippen LogP contribution in [0.5, 0.6) is 0 Å². The third-order valence-electron chi connectivity index (χ3n) is 4.98. The van der Waals surface area contributed by atoms with Crippen molar-refractivity contribution in [2.24, 2.45) is 5.92 Å². The van der Waals surface area contributed by atoms with E-state index in [1.807, 2.05) is 24.8 Å². The van der Waals surface area contributed by atoms with Crippen molar-refractivity contribution >= 4 is 23.6 Å². The predicted molar refractivity (Wildman–Crippen MR) is 98.9 cm³/mol. The van der Waals surface area contributed by atoms with Crippen LogP contribution in [0.2, 0.25) is 5.02 Å². The van der Waals surface area contributed by atoms with Gasteiger partial charge in [0, 0.05) is 24.7 Å². The molecule has 1 aromatic carbocycles. The lowest BCUT2D eigenvalue weighted by Gasteiger charge is -2.34. The van der Waals surface area contributed by atoms with Crippen LogP contribution in [-0.4, -0.2) is 43.6 Å². The van der Waals surface area contributed by atoms with Gasteiger partial charge >= 0.3 is 6.09 Å². The summed E-state index contributed by atoms with van der Waals surface area (Å²) in [4.78, 5) is 25.8. The summed E-state index contributed by atoms with van der Waals surface area (Å²) in [5.41, 5.74) is 2.39. The number of carbonyl (C=O) groups is 2. The minimum atomic E-state index is -0.497. The van der Waals surface area contributed by atoms with E-state index in [1.54, 1.807) is 0 Å². The number of ether oxygens (including phenoxy) is 1. The first kappa shape index (κ1) is 19.6. The summed E-state index contributed by atoms with van der Waals surface area (Å²) in [5, 5.41) is 3.42. The maximum Gasteiger partial charge on any atom is 0.406 e. The van der Waals surface area contributed by atoms with Gasteiger partial charge in [-0.05, 0) is 49.3 Å². The summed E-state index contributed by atoms with van der Waals surface area (Å²) in [6.45, 7) is 5.80. The summed E-state index contributed by atoms with van der Waals surface area (Å²) >= 11 is 6.11. The van der Waals surface area contributed by atoms with Crippen LogP contribution >= 0.6 is 11.6 Å². The highest BCUT2D eigenvalue weighted by molar-refractivity contribution is 6.31. The molecule has 2 amide bonds. The summed E-state index contributed by atoms with van der Waals surface area (Å²) in [6, 6.07) is 6.20. The number of likely N-dealkylation sites (tertiary alicyclic amines) is 1. The van der Waals surface area contributed by atoms with Crippen molar-refractivity contribution in [1.29, 1.82) is 0 Å². The number of hydrogen-bond acceptors (Lipinski definition) is 3. The topological polar surface area (TPSA) is 58.6 Å². The van der Waals surface area contributed by atoms with Crippen molar-refractivity contribution in [3.63, 3.8) is 0 Å². The number of hydrogen-bond donors (Lipinski definition) is 1. The second kappa shape index (κ2) is 9.09. The van der Waals surface area contributed by atoms with Crippen LogP contribution in [0.1, 0.15) is 43.2 Å². The van der Waals surface area contributed by atoms with Gasteiger partial charge in [0.2, 0.25) is 5.91 Å². The van der Waals surface area contributed by atoms with E-state index in [1.165, 1.54) is 12.7 Å². The van der Waals surface area contributed by atoms with Crippen molar-refractivity contribution in [2.45, 2.75) is 39.0 Å². The number of nitrogens with one attached hydrogen (secondary N) is 1. The normalized spacial score (nSPS) is 16.4. The molecule has 0 bridgehead atoms. The molecule has 0 saturated carbocycles. The molecule has 1 aliphatic rings. The molecule has 1 atom stereocenters. The summed E-state index contributed by atoms with van der Waals surface area (Å²) < 4.78 is 4.57. The van der Waals surface area contributed by atoms with Gasteiger partial charge < -0.3 is 15.0 Å². The highest BCUT2D eigenvalue weighted by Crippen LogP contribution is 2.30. The van der Waals surface area contributed by atoms with Crippen LogP contribution < -0.4 is 5.32 Å². The lowest BCUT2D eigenvalue weighted by atomic mass is 9.88. The average Bonchev–Trinajstić information content (AvgIpc) is 2.64. The molecule has 138 valence electrons. The van der Waals surface area contributed by atoms with Gasteiger partial charge in [-0.2, -0.15) is 0 Å². The SMILES string of the molecule is CCC(CNC(=O)OC)C(=O)N1CCC(c2ccc(Cl)c(C)c2)CC1. The molecule has 2 rings (SSSR count). The first-order valence-electron chi connectivity index (χ1n) is 8.82. The zero-order valence-corrected chi connectivity index (χ0v) is 15.9. The molecule has 1 aromatic rings. The molecule has 0 spiro atoms. The number of benzene rings is 1. The van der Waals surface area contributed by atoms with E-state index in [4.69, 9.17) is 11.6 Å². The Morgan fingerprint density at radius 3 is 2.60 bits per heavy atom. The van der Waals surface area contributed by atoms with Crippen LogP contribution in [-0.2, 0) is 9.53 Å². The summed E-state index contributed by atoms with van der Waals surface area (Å²) in [5.74, 6) is 0.381. The fourth-order valence-corrected chi connectivity index (χ4v) is 3.42. The second-order valence-electron chi connectivity index (χ2n) is 6.59. The fraction of sp³-hybridized carbons (Fsp3) is 0.579. The van der Waals surface area contributed by atoms with Crippen molar-refractivity contribution in [2.75, 3.05) is 26.7 Å². The van der Waals surface area contributed by atoms with Crippen molar-refractivity contribution in [3.8, 4) is 0 Å². The van der Waals surface area contributed by atoms with Gasteiger partial charge in [0.1, 0.15) is 0 Å². The smallest absolute Gasteiger partial charge is 0.406 e. The molecular weight excluding hydrogens is 340 g/mol. The number of aryl methyl sites for hydroxylation is 1. The standard InChI is InChI=1S/C19H27ClN2O3/c1-4-14(12-21-19(24)25-3)18(23)22-9-7-15(8-10-22)16-5-6-17(20)13(2)11-16/h5-6,11,14-15H,4,7-10,12H2,1-3H3,(H,21,24).